The van der Waals surface area contributed by atoms with Crippen LogP contribution < -0.4 is 4.46 Å². The quantitative estimate of drug-likeness (QED) is 0.430. The third kappa shape index (κ3) is 7.07. The van der Waals surface area contributed by atoms with Crippen molar-refractivity contribution in [2.75, 3.05) is 0 Å². The molecule has 0 amide bonds. The van der Waals surface area contributed by atoms with Crippen molar-refractivity contribution in [3.05, 3.63) is 66.3 Å². The van der Waals surface area contributed by atoms with Gasteiger partial charge in [-0.2, -0.15) is 0 Å². The Morgan fingerprint density at radius 1 is 1.07 bits per heavy atom. The molecule has 0 bridgehead atoms. The predicted molar refractivity (Wildman–Crippen MR) is 124 cm³/mol. The molecule has 0 saturated heterocycles. The topological polar surface area (TPSA) is 20.2 Å². The summed E-state index contributed by atoms with van der Waals surface area (Å²) in [5.74, 6) is 1.37. The van der Waals surface area contributed by atoms with Gasteiger partial charge in [0.2, 0.25) is 0 Å². The average molecular weight is 446 g/mol. The number of hydrogen-bond acceptors (Lipinski definition) is 1. The fourth-order valence-electron chi connectivity index (χ4n) is 3.96. The molecule has 3 rings (SSSR count). The molecule has 28 heavy (non-hydrogen) atoms. The summed E-state index contributed by atoms with van der Waals surface area (Å²) >= 11 is 0.346. The summed E-state index contributed by atoms with van der Waals surface area (Å²) in [6.45, 7) is 16.6. The molecule has 0 heterocycles. The first kappa shape index (κ1) is 23.2. The minimum absolute atomic E-state index is 0.346. The molecule has 0 spiro atoms. The van der Waals surface area contributed by atoms with Gasteiger partial charge in [-0.25, -0.2) is 0 Å². The van der Waals surface area contributed by atoms with Crippen molar-refractivity contribution in [2.45, 2.75) is 76.6 Å². The average Bonchev–Trinajstić information content (AvgIpc) is 2.65. The van der Waals surface area contributed by atoms with Crippen molar-refractivity contribution in [3.63, 3.8) is 0 Å². The molecule has 1 aromatic rings. The minimum atomic E-state index is -0.498. The first-order valence-electron chi connectivity index (χ1n) is 10.6. The van der Waals surface area contributed by atoms with E-state index in [0.717, 1.165) is 25.2 Å². The molecule has 2 aliphatic rings. The van der Waals surface area contributed by atoms with Crippen LogP contribution in [0, 0.1) is 11.8 Å². The van der Waals surface area contributed by atoms with E-state index in [1.807, 2.05) is 6.92 Å². The van der Waals surface area contributed by atoms with Gasteiger partial charge < -0.3 is 0 Å². The Morgan fingerprint density at radius 3 is 2.25 bits per heavy atom. The van der Waals surface area contributed by atoms with Crippen LogP contribution in [0.15, 0.2) is 66.3 Å². The van der Waals surface area contributed by atoms with Crippen molar-refractivity contribution in [1.82, 2.24) is 0 Å². The molecule has 1 saturated carbocycles. The summed E-state index contributed by atoms with van der Waals surface area (Å²) in [4.78, 5) is 0.405. The van der Waals surface area contributed by atoms with E-state index in [1.165, 1.54) is 34.9 Å². The molecule has 0 aromatic heterocycles. The Kier molecular flexibility index (Phi) is 8.80. The zero-order valence-corrected chi connectivity index (χ0v) is 19.9. The van der Waals surface area contributed by atoms with Crippen molar-refractivity contribution >= 4 is 19.4 Å². The summed E-state index contributed by atoms with van der Waals surface area (Å²) in [5, 5.41) is 10.6. The van der Waals surface area contributed by atoms with Gasteiger partial charge in [0.05, 0.1) is 0 Å². The van der Waals surface area contributed by atoms with Crippen molar-refractivity contribution in [2.24, 2.45) is 11.8 Å². The van der Waals surface area contributed by atoms with Crippen molar-refractivity contribution < 1.29 is 5.11 Å². The molecule has 0 aliphatic heterocycles. The first-order chi connectivity index (χ1) is 13.2. The fraction of sp³-hybridized carbons (Fsp3) is 0.538. The third-order valence-corrected chi connectivity index (χ3v) is 9.45. The van der Waals surface area contributed by atoms with Crippen LogP contribution in [0.5, 0.6) is 0 Å². The second kappa shape index (κ2) is 10.6. The molecule has 1 N–H and O–H groups in total. The van der Waals surface area contributed by atoms with Crippen LogP contribution >= 0.6 is 0 Å². The second-order valence-corrected chi connectivity index (χ2v) is 11.6. The molecular weight excluding hydrogens is 407 g/mol. The fourth-order valence-corrected chi connectivity index (χ4v) is 6.77. The van der Waals surface area contributed by atoms with E-state index < -0.39 is 5.60 Å². The first-order valence-corrected chi connectivity index (χ1v) is 12.4. The van der Waals surface area contributed by atoms with Gasteiger partial charge in [-0.1, -0.05) is 23.8 Å². The third-order valence-electron chi connectivity index (χ3n) is 6.24. The molecule has 4 atom stereocenters. The molecule has 2 heteroatoms. The van der Waals surface area contributed by atoms with Gasteiger partial charge in [-0.05, 0) is 39.0 Å². The number of hydrogen-bond donors (Lipinski definition) is 1. The zero-order valence-electron chi connectivity index (χ0n) is 18.2. The van der Waals surface area contributed by atoms with Crippen molar-refractivity contribution in [3.8, 4) is 0 Å². The van der Waals surface area contributed by atoms with Gasteiger partial charge in [-0.15, -0.1) is 0 Å². The molecule has 2 unspecified atom stereocenters. The number of allylic oxidation sites excluding steroid dienone is 4. The maximum absolute atomic E-state index is 10.6. The predicted octanol–water partition coefficient (Wildman–Crippen LogP) is 6.24. The van der Waals surface area contributed by atoms with Crippen LogP contribution in [0.4, 0.5) is 0 Å². The summed E-state index contributed by atoms with van der Waals surface area (Å²) in [6, 6.07) is 10.6. The van der Waals surface area contributed by atoms with Crippen LogP contribution in [0.2, 0.25) is 4.82 Å². The summed E-state index contributed by atoms with van der Waals surface area (Å²) < 4.78 is 1.39. The molecule has 0 radical (unpaired) electrons. The Balaban J connectivity index is 0.000000237. The van der Waals surface area contributed by atoms with Gasteiger partial charge in [0.15, 0.2) is 0 Å². The van der Waals surface area contributed by atoms with Crippen molar-refractivity contribution in [1.29, 1.82) is 0 Å². The van der Waals surface area contributed by atoms with E-state index in [2.05, 4.69) is 70.3 Å². The Labute approximate surface area is 179 Å². The number of rotatable bonds is 4. The van der Waals surface area contributed by atoms with Gasteiger partial charge in [0, 0.05) is 0 Å². The van der Waals surface area contributed by atoms with Gasteiger partial charge >= 0.3 is 116 Å². The molecule has 1 fully saturated rings. The maximum atomic E-state index is 10.6. The van der Waals surface area contributed by atoms with Crippen LogP contribution in [0.3, 0.4) is 0 Å². The van der Waals surface area contributed by atoms with Gasteiger partial charge in [0.25, 0.3) is 0 Å². The zero-order chi connectivity index (χ0) is 20.7. The second-order valence-electron chi connectivity index (χ2n) is 8.96. The van der Waals surface area contributed by atoms with E-state index in [-0.39, 0.29) is 0 Å². The van der Waals surface area contributed by atoms with Crippen LogP contribution in [-0.4, -0.2) is 25.7 Å². The van der Waals surface area contributed by atoms with Gasteiger partial charge in [-0.3, -0.25) is 0 Å². The molecule has 1 nitrogen and oxygen atoms in total. The number of aliphatic hydroxyl groups is 1. The normalized spacial score (nSPS) is 29.9. The molecular formula is C26H38OSe. The number of benzene rings is 1. The Hall–Kier alpha value is -1.08. The van der Waals surface area contributed by atoms with Crippen LogP contribution in [-0.2, 0) is 0 Å². The SMILES string of the molecule is C=C(C)[C@@H]1CC=C(C)CC1.C=C(C)[C@H]1CCC(C)(O)C([Se]c2ccccc2)C1. The summed E-state index contributed by atoms with van der Waals surface area (Å²) in [6.07, 6.45) is 9.25. The van der Waals surface area contributed by atoms with E-state index in [4.69, 9.17) is 0 Å². The van der Waals surface area contributed by atoms with E-state index >= 15 is 0 Å². The van der Waals surface area contributed by atoms with E-state index in [9.17, 15) is 5.11 Å². The Morgan fingerprint density at radius 2 is 1.71 bits per heavy atom. The molecule has 2 aliphatic carbocycles. The molecule has 154 valence electrons. The van der Waals surface area contributed by atoms with E-state index in [0.29, 0.717) is 25.7 Å². The van der Waals surface area contributed by atoms with Crippen LogP contribution in [0.1, 0.15) is 66.2 Å². The summed E-state index contributed by atoms with van der Waals surface area (Å²) in [7, 11) is 0. The standard InChI is InChI=1S/C16H22OSe.C10H16/c1-12(2)13-9-10-16(3,17)15(11-13)18-14-7-5-4-6-8-14;1-8(2)10-6-4-9(3)5-7-10/h4-8,13,15,17H,1,9-11H2,2-3H3;4,10H,1,5-7H2,2-3H3/t13-,15?,16?;10-/m01/s1. The Bertz CT molecular complexity index is 686. The van der Waals surface area contributed by atoms with Gasteiger partial charge in [0.1, 0.15) is 0 Å². The van der Waals surface area contributed by atoms with E-state index in [1.54, 1.807) is 5.57 Å². The monoisotopic (exact) mass is 446 g/mol. The molecule has 1 aromatic carbocycles. The van der Waals surface area contributed by atoms with Crippen LogP contribution in [0.25, 0.3) is 0 Å². The summed E-state index contributed by atoms with van der Waals surface area (Å²) in [5.41, 5.74) is 3.68.